The van der Waals surface area contributed by atoms with Gasteiger partial charge in [-0.1, -0.05) is 51.1 Å². The Labute approximate surface area is 331 Å². The molecule has 1 aromatic heterocycles. The van der Waals surface area contributed by atoms with Gasteiger partial charge in [-0.2, -0.15) is 0 Å². The summed E-state index contributed by atoms with van der Waals surface area (Å²) < 4.78 is 17.6. The zero-order valence-electron chi connectivity index (χ0n) is 32.8. The van der Waals surface area contributed by atoms with Gasteiger partial charge < -0.3 is 56.5 Å². The number of amides is 6. The van der Waals surface area contributed by atoms with E-state index in [1.54, 1.807) is 0 Å². The molecule has 1 fully saturated rings. The minimum Gasteiger partial charge on any atom is -0.394 e. The summed E-state index contributed by atoms with van der Waals surface area (Å²) in [4.78, 5) is 106. The van der Waals surface area contributed by atoms with Crippen LogP contribution in [-0.2, 0) is 50.9 Å². The maximum atomic E-state index is 13.9. The highest BCUT2D eigenvalue weighted by atomic mass is 31.2. The number of nitrogens with one attached hydrogen (secondary N) is 5. The third-order valence-corrected chi connectivity index (χ3v) is 10.5. The second kappa shape index (κ2) is 22.3. The number of hydrogen-bond donors (Lipinski definition) is 9. The van der Waals surface area contributed by atoms with Gasteiger partial charge in [-0.15, -0.1) is 0 Å². The Kier molecular flexibility index (Phi) is 18.3. The van der Waals surface area contributed by atoms with Crippen LogP contribution >= 0.6 is 7.60 Å². The number of imidazole rings is 1. The lowest BCUT2D eigenvalue weighted by Gasteiger charge is -2.28. The van der Waals surface area contributed by atoms with Crippen LogP contribution in [0.25, 0.3) is 0 Å². The number of carbonyl (C=O) groups excluding carboxylic acids is 6. The number of aromatic nitrogens is 2. The summed E-state index contributed by atoms with van der Waals surface area (Å²) >= 11 is 0. The number of rotatable bonds is 23. The lowest BCUT2D eigenvalue weighted by molar-refractivity contribution is -0.139. The number of likely N-dealkylation sites (tertiary alicyclic amines) is 1. The van der Waals surface area contributed by atoms with Crippen molar-refractivity contribution >= 4 is 43.0 Å². The first-order valence-corrected chi connectivity index (χ1v) is 20.7. The Hall–Kier alpha value is -4.68. The van der Waals surface area contributed by atoms with E-state index in [4.69, 9.17) is 10.5 Å². The molecule has 1 aliphatic heterocycles. The minimum atomic E-state index is -4.60. The van der Waals surface area contributed by atoms with Gasteiger partial charge in [-0.25, -0.2) is 4.98 Å². The lowest BCUT2D eigenvalue weighted by atomic mass is 10.0. The molecule has 0 radical (unpaired) electrons. The summed E-state index contributed by atoms with van der Waals surface area (Å²) in [5, 5.41) is 20.0. The molecule has 0 saturated carbocycles. The molecule has 316 valence electrons. The molecule has 1 aliphatic rings. The molecule has 0 bridgehead atoms. The molecule has 2 heterocycles. The van der Waals surface area contributed by atoms with Crippen molar-refractivity contribution in [2.75, 3.05) is 25.9 Å². The highest BCUT2D eigenvalue weighted by Crippen LogP contribution is 2.37. The Balaban J connectivity index is 1.69. The summed E-state index contributed by atoms with van der Waals surface area (Å²) in [6, 6.07) is 3.42. The van der Waals surface area contributed by atoms with E-state index in [0.717, 1.165) is 19.3 Å². The Morgan fingerprint density at radius 1 is 0.965 bits per heavy atom. The Morgan fingerprint density at radius 2 is 1.61 bits per heavy atom. The topological polar surface area (TPSA) is 295 Å². The molecule has 0 unspecified atom stereocenters. The van der Waals surface area contributed by atoms with Gasteiger partial charge in [0.2, 0.25) is 35.4 Å². The number of aliphatic hydroxyl groups excluding tert-OH is 1. The van der Waals surface area contributed by atoms with Crippen LogP contribution in [0.2, 0.25) is 0 Å². The fraction of sp³-hybridized carbons (Fsp3) is 0.595. The monoisotopic (exact) mass is 820 g/mol. The molecular weight excluding hydrogens is 763 g/mol. The summed E-state index contributed by atoms with van der Waals surface area (Å²) in [5.41, 5.74) is 7.02. The average molecular weight is 821 g/mol. The van der Waals surface area contributed by atoms with Crippen molar-refractivity contribution in [2.24, 2.45) is 17.6 Å². The predicted molar refractivity (Wildman–Crippen MR) is 207 cm³/mol. The van der Waals surface area contributed by atoms with E-state index in [9.17, 15) is 48.2 Å². The highest BCUT2D eigenvalue weighted by Gasteiger charge is 2.41. The van der Waals surface area contributed by atoms with Gasteiger partial charge in [-0.3, -0.25) is 33.3 Å². The molecular formula is C37H57N8O11P. The highest BCUT2D eigenvalue weighted by molar-refractivity contribution is 7.51. The zero-order valence-corrected chi connectivity index (χ0v) is 33.7. The average Bonchev–Trinajstić information content (AvgIpc) is 3.82. The second-order valence-electron chi connectivity index (χ2n) is 14.8. The normalized spacial score (nSPS) is 18.2. The van der Waals surface area contributed by atoms with Gasteiger partial charge in [0.05, 0.1) is 25.2 Å². The summed E-state index contributed by atoms with van der Waals surface area (Å²) in [7, 11) is -4.60. The van der Waals surface area contributed by atoms with Crippen molar-refractivity contribution in [1.82, 2.24) is 36.1 Å². The van der Waals surface area contributed by atoms with E-state index in [1.165, 1.54) is 36.8 Å². The van der Waals surface area contributed by atoms with Gasteiger partial charge in [0, 0.05) is 44.8 Å². The summed E-state index contributed by atoms with van der Waals surface area (Å²) in [6.45, 7) is 6.03. The van der Waals surface area contributed by atoms with Crippen LogP contribution in [0.5, 0.6) is 0 Å². The fourth-order valence-electron chi connectivity index (χ4n) is 6.60. The number of unbranched alkanes of at least 4 members (excludes halogenated alkanes) is 1. The van der Waals surface area contributed by atoms with Crippen molar-refractivity contribution in [2.45, 2.75) is 103 Å². The van der Waals surface area contributed by atoms with E-state index in [1.807, 2.05) is 32.0 Å². The first kappa shape index (κ1) is 46.7. The Bertz CT molecular complexity index is 1690. The molecule has 0 spiro atoms. The number of primary amides is 1. The number of benzene rings is 1. The quantitative estimate of drug-likeness (QED) is 0.0495. The maximum Gasteiger partial charge on any atom is 0.325 e. The molecule has 20 heteroatoms. The number of carbonyl (C=O) groups is 6. The number of hydrogen-bond acceptors (Lipinski definition) is 10. The molecule has 1 aromatic carbocycles. The molecule has 57 heavy (non-hydrogen) atoms. The molecule has 0 aliphatic carbocycles. The van der Waals surface area contributed by atoms with Crippen LogP contribution in [0.4, 0.5) is 0 Å². The number of aromatic amines is 1. The molecule has 6 amide bonds. The number of aliphatic hydroxyl groups is 1. The van der Waals surface area contributed by atoms with Crippen LogP contribution < -0.4 is 27.0 Å². The van der Waals surface area contributed by atoms with E-state index < -0.39 is 86.0 Å². The van der Waals surface area contributed by atoms with Gasteiger partial charge in [0.15, 0.2) is 0 Å². The first-order valence-electron chi connectivity index (χ1n) is 18.9. The van der Waals surface area contributed by atoms with E-state index in [2.05, 4.69) is 43.4 Å². The third kappa shape index (κ3) is 15.6. The molecule has 1 saturated heterocycles. The minimum absolute atomic E-state index is 0.103. The second-order valence-corrected chi connectivity index (χ2v) is 16.5. The van der Waals surface area contributed by atoms with Crippen molar-refractivity contribution < 1.29 is 53.0 Å². The van der Waals surface area contributed by atoms with Crippen LogP contribution in [0.3, 0.4) is 0 Å². The number of aryl methyl sites for hydroxylation is 1. The van der Waals surface area contributed by atoms with Crippen molar-refractivity contribution in [1.29, 1.82) is 0 Å². The molecule has 7 atom stereocenters. The van der Waals surface area contributed by atoms with Crippen molar-refractivity contribution in [3.05, 3.63) is 54.1 Å². The molecule has 3 rings (SSSR count). The van der Waals surface area contributed by atoms with Crippen molar-refractivity contribution in [3.8, 4) is 0 Å². The number of ether oxygens (including phenoxy) is 1. The first-order chi connectivity index (χ1) is 26.9. The number of nitrogens with zero attached hydrogens (tertiary/aromatic N) is 2. The van der Waals surface area contributed by atoms with E-state index in [-0.39, 0.29) is 43.7 Å². The largest absolute Gasteiger partial charge is 0.394 e. The van der Waals surface area contributed by atoms with Crippen LogP contribution in [-0.4, -0.2) is 127 Å². The van der Waals surface area contributed by atoms with E-state index >= 15 is 0 Å². The number of H-pyrrole nitrogens is 1. The van der Waals surface area contributed by atoms with Gasteiger partial charge in [-0.05, 0) is 43.1 Å². The smallest absolute Gasteiger partial charge is 0.325 e. The van der Waals surface area contributed by atoms with E-state index in [0.29, 0.717) is 12.3 Å². The standard InChI is InChI=1S/C37H57N8O11P/c1-22(2)14-28(42-37(52)31-16-27(18-45(31)24(4)47)56-13-9-8-12-25-10-6-5-7-11-25)34(49)41-29(15-26-17-39-21-40-26)35(50)43-30(19-46)36(51)44-32(33(38)48)23(3)20-57(53,54)55/h5-7,10-11,17,21-23,27-32,46H,8-9,12-16,18-20H2,1-4H3,(H2,38,48)(H,39,40)(H,41,49)(H,42,52)(H,43,50)(H,44,51)(H2,53,54,55)/t23-,27+,28-,29-,30-,31-,32-/m0/s1. The summed E-state index contributed by atoms with van der Waals surface area (Å²) in [6.07, 6.45) is 4.44. The zero-order chi connectivity index (χ0) is 42.3. The molecule has 2 aromatic rings. The maximum absolute atomic E-state index is 13.9. The number of nitrogens with two attached hydrogens (primary N) is 1. The van der Waals surface area contributed by atoms with Crippen LogP contribution in [0.1, 0.15) is 64.6 Å². The van der Waals surface area contributed by atoms with Crippen LogP contribution in [0, 0.1) is 11.8 Å². The molecule has 19 nitrogen and oxygen atoms in total. The van der Waals surface area contributed by atoms with Crippen molar-refractivity contribution in [3.63, 3.8) is 0 Å². The SMILES string of the molecule is CC(=O)N1C[C@H](OCCCCc2ccccc2)C[C@H]1C(=O)N[C@@H](CC(C)C)C(=O)N[C@@H](Cc1cnc[nH]1)C(=O)N[C@@H](CO)C(=O)N[C@H](C(N)=O)[C@@H](C)CP(=O)(O)O. The third-order valence-electron chi connectivity index (χ3n) is 9.49. The summed E-state index contributed by atoms with van der Waals surface area (Å²) in [5.74, 6) is -5.95. The van der Waals surface area contributed by atoms with Crippen LogP contribution in [0.15, 0.2) is 42.9 Å². The van der Waals surface area contributed by atoms with Gasteiger partial charge in [0.25, 0.3) is 0 Å². The predicted octanol–water partition coefficient (Wildman–Crippen LogP) is -0.742. The lowest BCUT2D eigenvalue weighted by Crippen LogP contribution is -2.60. The molecule has 10 N–H and O–H groups in total. The fourth-order valence-corrected chi connectivity index (χ4v) is 7.57. The van der Waals surface area contributed by atoms with Gasteiger partial charge in [0.1, 0.15) is 30.2 Å². The Morgan fingerprint density at radius 3 is 2.19 bits per heavy atom. The van der Waals surface area contributed by atoms with Gasteiger partial charge >= 0.3 is 7.60 Å².